The number of rotatable bonds is 0. The maximum absolute atomic E-state index is 9.22. The van der Waals surface area contributed by atoms with E-state index < -0.39 is 0 Å². The predicted molar refractivity (Wildman–Crippen MR) is 31.5 cm³/mol. The quantitative estimate of drug-likeness (QED) is 0.498. The van der Waals surface area contributed by atoms with E-state index in [0.29, 0.717) is 0 Å². The second-order valence-electron chi connectivity index (χ2n) is 3.16. The van der Waals surface area contributed by atoms with Gasteiger partial charge in [-0.2, -0.15) is 0 Å². The number of aliphatic hydroxyl groups is 1. The van der Waals surface area contributed by atoms with Gasteiger partial charge in [0.15, 0.2) is 0 Å². The van der Waals surface area contributed by atoms with Crippen molar-refractivity contribution in [2.45, 2.75) is 31.8 Å². The molecule has 2 aliphatic rings. The molecule has 0 heterocycles. The van der Waals surface area contributed by atoms with E-state index in [2.05, 4.69) is 0 Å². The standard InChI is InChI=1S/C7H12O/c8-7-3-1-2-5-4-6(5)7/h5-8H,1-4H2/t5-,6+,7?/m0/s1. The van der Waals surface area contributed by atoms with Crippen LogP contribution in [0.3, 0.4) is 0 Å². The minimum absolute atomic E-state index is 0.0775. The zero-order chi connectivity index (χ0) is 5.56. The van der Waals surface area contributed by atoms with Crippen molar-refractivity contribution in [2.24, 2.45) is 11.8 Å². The van der Waals surface area contributed by atoms with Gasteiger partial charge in [-0.3, -0.25) is 0 Å². The summed E-state index contributed by atoms with van der Waals surface area (Å²) in [6.45, 7) is 0. The lowest BCUT2D eigenvalue weighted by Crippen LogP contribution is -2.14. The first kappa shape index (κ1) is 4.80. The van der Waals surface area contributed by atoms with Crippen LogP contribution in [0, 0.1) is 11.8 Å². The number of fused-ring (bicyclic) bond motifs is 1. The first-order valence-corrected chi connectivity index (χ1v) is 3.56. The molecule has 0 aromatic carbocycles. The average molecular weight is 112 g/mol. The van der Waals surface area contributed by atoms with E-state index in [1.165, 1.54) is 19.3 Å². The first-order valence-electron chi connectivity index (χ1n) is 3.56. The second-order valence-corrected chi connectivity index (χ2v) is 3.16. The Morgan fingerprint density at radius 1 is 1.25 bits per heavy atom. The lowest BCUT2D eigenvalue weighted by atomic mass is 9.98. The molecule has 0 aliphatic heterocycles. The second kappa shape index (κ2) is 1.47. The minimum atomic E-state index is 0.0775. The molecular formula is C7H12O. The highest BCUT2D eigenvalue weighted by molar-refractivity contribution is 4.94. The summed E-state index contributed by atoms with van der Waals surface area (Å²) in [5, 5.41) is 9.22. The third kappa shape index (κ3) is 0.576. The van der Waals surface area contributed by atoms with E-state index >= 15 is 0 Å². The van der Waals surface area contributed by atoms with Gasteiger partial charge >= 0.3 is 0 Å². The smallest absolute Gasteiger partial charge is 0.0571 e. The number of hydrogen-bond donors (Lipinski definition) is 1. The topological polar surface area (TPSA) is 20.2 Å². The molecule has 0 radical (unpaired) electrons. The molecule has 1 unspecified atom stereocenters. The van der Waals surface area contributed by atoms with E-state index in [0.717, 1.165) is 18.3 Å². The molecule has 46 valence electrons. The number of hydrogen-bond acceptors (Lipinski definition) is 1. The molecule has 0 spiro atoms. The fraction of sp³-hybridized carbons (Fsp3) is 1.00. The van der Waals surface area contributed by atoms with Gasteiger partial charge in [0.25, 0.3) is 0 Å². The molecule has 2 saturated carbocycles. The van der Waals surface area contributed by atoms with Crippen LogP contribution in [0.2, 0.25) is 0 Å². The normalized spacial score (nSPS) is 52.9. The molecule has 0 bridgehead atoms. The monoisotopic (exact) mass is 112 g/mol. The van der Waals surface area contributed by atoms with Crippen molar-refractivity contribution >= 4 is 0 Å². The van der Waals surface area contributed by atoms with Gasteiger partial charge in [0.05, 0.1) is 6.10 Å². The Hall–Kier alpha value is -0.0400. The molecule has 2 aliphatic carbocycles. The van der Waals surface area contributed by atoms with Crippen LogP contribution in [0.25, 0.3) is 0 Å². The molecule has 8 heavy (non-hydrogen) atoms. The molecule has 0 aromatic rings. The van der Waals surface area contributed by atoms with Gasteiger partial charge in [-0.1, -0.05) is 6.42 Å². The molecular weight excluding hydrogens is 100 g/mol. The van der Waals surface area contributed by atoms with Gasteiger partial charge in [0, 0.05) is 0 Å². The Labute approximate surface area is 49.7 Å². The molecule has 0 aromatic heterocycles. The van der Waals surface area contributed by atoms with Crippen molar-refractivity contribution in [3.63, 3.8) is 0 Å². The van der Waals surface area contributed by atoms with Gasteiger partial charge in [-0.25, -0.2) is 0 Å². The van der Waals surface area contributed by atoms with Crippen molar-refractivity contribution in [2.75, 3.05) is 0 Å². The van der Waals surface area contributed by atoms with Crippen LogP contribution in [-0.4, -0.2) is 11.2 Å². The van der Waals surface area contributed by atoms with Crippen molar-refractivity contribution < 1.29 is 5.11 Å². The van der Waals surface area contributed by atoms with Crippen LogP contribution in [0.1, 0.15) is 25.7 Å². The van der Waals surface area contributed by atoms with Gasteiger partial charge in [-0.05, 0) is 31.1 Å². The lowest BCUT2D eigenvalue weighted by Gasteiger charge is -2.14. The van der Waals surface area contributed by atoms with E-state index in [9.17, 15) is 5.11 Å². The summed E-state index contributed by atoms with van der Waals surface area (Å²) in [6, 6.07) is 0. The van der Waals surface area contributed by atoms with E-state index in [4.69, 9.17) is 0 Å². The van der Waals surface area contributed by atoms with Crippen LogP contribution in [0.5, 0.6) is 0 Å². The summed E-state index contributed by atoms with van der Waals surface area (Å²) >= 11 is 0. The van der Waals surface area contributed by atoms with Gasteiger partial charge in [-0.15, -0.1) is 0 Å². The highest BCUT2D eigenvalue weighted by Gasteiger charge is 2.44. The Morgan fingerprint density at radius 2 is 2.12 bits per heavy atom. The lowest BCUT2D eigenvalue weighted by molar-refractivity contribution is 0.116. The van der Waals surface area contributed by atoms with E-state index in [1.807, 2.05) is 0 Å². The van der Waals surface area contributed by atoms with Crippen LogP contribution in [-0.2, 0) is 0 Å². The van der Waals surface area contributed by atoms with Crippen molar-refractivity contribution in [3.05, 3.63) is 0 Å². The van der Waals surface area contributed by atoms with Crippen molar-refractivity contribution in [1.29, 1.82) is 0 Å². The third-order valence-corrected chi connectivity index (χ3v) is 2.55. The Kier molecular flexibility index (Phi) is 0.884. The third-order valence-electron chi connectivity index (χ3n) is 2.55. The van der Waals surface area contributed by atoms with Crippen LogP contribution in [0.15, 0.2) is 0 Å². The molecule has 1 heteroatoms. The van der Waals surface area contributed by atoms with Gasteiger partial charge in [0.2, 0.25) is 0 Å². The Bertz CT molecular complexity index is 101. The molecule has 2 fully saturated rings. The molecule has 0 amide bonds. The summed E-state index contributed by atoms with van der Waals surface area (Å²) in [5.74, 6) is 1.66. The largest absolute Gasteiger partial charge is 0.393 e. The zero-order valence-electron chi connectivity index (χ0n) is 5.01. The highest BCUT2D eigenvalue weighted by atomic mass is 16.3. The van der Waals surface area contributed by atoms with Crippen molar-refractivity contribution in [3.8, 4) is 0 Å². The fourth-order valence-corrected chi connectivity index (χ4v) is 1.88. The predicted octanol–water partition coefficient (Wildman–Crippen LogP) is 1.17. The number of aliphatic hydroxyl groups excluding tert-OH is 1. The molecule has 0 saturated heterocycles. The van der Waals surface area contributed by atoms with E-state index in [-0.39, 0.29) is 6.10 Å². The van der Waals surface area contributed by atoms with Crippen LogP contribution < -0.4 is 0 Å². The maximum atomic E-state index is 9.22. The SMILES string of the molecule is OC1CCC[C@H]2C[C@@H]12. The summed E-state index contributed by atoms with van der Waals surface area (Å²) in [6.07, 6.45) is 5.13. The van der Waals surface area contributed by atoms with Gasteiger partial charge < -0.3 is 5.11 Å². The zero-order valence-corrected chi connectivity index (χ0v) is 5.01. The van der Waals surface area contributed by atoms with Crippen LogP contribution in [0.4, 0.5) is 0 Å². The van der Waals surface area contributed by atoms with E-state index in [1.54, 1.807) is 0 Å². The Balaban J connectivity index is 1.99. The average Bonchev–Trinajstić information content (AvgIpc) is 2.45. The minimum Gasteiger partial charge on any atom is -0.393 e. The maximum Gasteiger partial charge on any atom is 0.0571 e. The summed E-state index contributed by atoms with van der Waals surface area (Å²) in [5.41, 5.74) is 0. The summed E-state index contributed by atoms with van der Waals surface area (Å²) in [7, 11) is 0. The molecule has 3 atom stereocenters. The molecule has 2 rings (SSSR count). The fourth-order valence-electron chi connectivity index (χ4n) is 1.88. The summed E-state index contributed by atoms with van der Waals surface area (Å²) < 4.78 is 0. The first-order chi connectivity index (χ1) is 3.88. The molecule has 1 N–H and O–H groups in total. The molecule has 1 nitrogen and oxygen atoms in total. The highest BCUT2D eigenvalue weighted by Crippen LogP contribution is 2.49. The summed E-state index contributed by atoms with van der Waals surface area (Å²) in [4.78, 5) is 0. The van der Waals surface area contributed by atoms with Crippen molar-refractivity contribution in [1.82, 2.24) is 0 Å². The Morgan fingerprint density at radius 3 is 2.75 bits per heavy atom. The van der Waals surface area contributed by atoms with Crippen LogP contribution >= 0.6 is 0 Å². The van der Waals surface area contributed by atoms with Gasteiger partial charge in [0.1, 0.15) is 0 Å².